The summed E-state index contributed by atoms with van der Waals surface area (Å²) in [6, 6.07) is 8.78. The molecule has 29 heavy (non-hydrogen) atoms. The predicted octanol–water partition coefficient (Wildman–Crippen LogP) is 3.26. The van der Waals surface area contributed by atoms with E-state index in [0.29, 0.717) is 6.04 Å². The number of guanidine groups is 1. The fourth-order valence-electron chi connectivity index (χ4n) is 3.58. The van der Waals surface area contributed by atoms with Crippen LogP contribution in [0.2, 0.25) is 0 Å². The number of methoxy groups -OCH3 is 1. The SMILES string of the molecule is CN=C(NCc1ccccc1OCC1CC1)NC1CCN(CCCOC)CC1.I. The Morgan fingerprint density at radius 2 is 1.93 bits per heavy atom. The van der Waals surface area contributed by atoms with Crippen molar-refractivity contribution in [3.05, 3.63) is 29.8 Å². The van der Waals surface area contributed by atoms with Crippen molar-refractivity contribution in [1.82, 2.24) is 15.5 Å². The van der Waals surface area contributed by atoms with Crippen LogP contribution in [0.5, 0.6) is 5.75 Å². The maximum Gasteiger partial charge on any atom is 0.191 e. The third-order valence-electron chi connectivity index (χ3n) is 5.57. The Morgan fingerprint density at radius 3 is 2.62 bits per heavy atom. The zero-order chi connectivity index (χ0) is 19.6. The standard InChI is InChI=1S/C22H36N4O2.HI/c1-23-22(25-20-10-13-26(14-11-20)12-5-15-27-2)24-16-19-6-3-4-7-21(19)28-17-18-8-9-18;/h3-4,6-7,18,20H,5,8-17H2,1-2H3,(H2,23,24,25);1H. The molecule has 7 heteroatoms. The topological polar surface area (TPSA) is 58.1 Å². The van der Waals surface area contributed by atoms with E-state index in [1.54, 1.807) is 7.11 Å². The molecule has 1 saturated heterocycles. The second-order valence-corrected chi connectivity index (χ2v) is 7.89. The van der Waals surface area contributed by atoms with Crippen molar-refractivity contribution in [2.24, 2.45) is 10.9 Å². The number of benzene rings is 1. The summed E-state index contributed by atoms with van der Waals surface area (Å²) in [7, 11) is 3.61. The van der Waals surface area contributed by atoms with Gasteiger partial charge in [-0.05, 0) is 44.1 Å². The fraction of sp³-hybridized carbons (Fsp3) is 0.682. The van der Waals surface area contributed by atoms with E-state index in [-0.39, 0.29) is 24.0 Å². The largest absolute Gasteiger partial charge is 0.493 e. The predicted molar refractivity (Wildman–Crippen MR) is 129 cm³/mol. The van der Waals surface area contributed by atoms with Gasteiger partial charge in [-0.1, -0.05) is 18.2 Å². The number of likely N-dealkylation sites (tertiary alicyclic amines) is 1. The molecule has 0 unspecified atom stereocenters. The molecule has 2 N–H and O–H groups in total. The van der Waals surface area contributed by atoms with E-state index < -0.39 is 0 Å². The van der Waals surface area contributed by atoms with Gasteiger partial charge in [0, 0.05) is 58.5 Å². The van der Waals surface area contributed by atoms with E-state index in [9.17, 15) is 0 Å². The van der Waals surface area contributed by atoms with Gasteiger partial charge in [0.1, 0.15) is 5.75 Å². The fourth-order valence-corrected chi connectivity index (χ4v) is 3.58. The number of rotatable bonds is 10. The van der Waals surface area contributed by atoms with Crippen molar-refractivity contribution in [1.29, 1.82) is 0 Å². The van der Waals surface area contributed by atoms with Crippen LogP contribution in [-0.4, -0.2) is 63.9 Å². The number of hydrogen-bond acceptors (Lipinski definition) is 4. The van der Waals surface area contributed by atoms with Gasteiger partial charge in [0.2, 0.25) is 0 Å². The Hall–Kier alpha value is -1.06. The summed E-state index contributed by atoms with van der Waals surface area (Å²) in [6.07, 6.45) is 6.02. The number of ether oxygens (including phenoxy) is 2. The number of aliphatic imine (C=N–C) groups is 1. The average molecular weight is 516 g/mol. The van der Waals surface area contributed by atoms with Gasteiger partial charge in [-0.3, -0.25) is 4.99 Å². The molecule has 0 aromatic heterocycles. The molecule has 0 bridgehead atoms. The zero-order valence-corrected chi connectivity index (χ0v) is 20.2. The Bertz CT molecular complexity index is 617. The lowest BCUT2D eigenvalue weighted by Gasteiger charge is -2.33. The summed E-state index contributed by atoms with van der Waals surface area (Å²) in [4.78, 5) is 6.94. The Kier molecular flexibility index (Phi) is 11.1. The van der Waals surface area contributed by atoms with Gasteiger partial charge in [0.25, 0.3) is 0 Å². The molecule has 2 aliphatic rings. The molecule has 1 aromatic rings. The van der Waals surface area contributed by atoms with Gasteiger partial charge in [0.15, 0.2) is 5.96 Å². The summed E-state index contributed by atoms with van der Waals surface area (Å²) in [6.45, 7) is 5.81. The van der Waals surface area contributed by atoms with E-state index in [1.807, 2.05) is 13.1 Å². The molecule has 1 aromatic carbocycles. The van der Waals surface area contributed by atoms with Crippen LogP contribution < -0.4 is 15.4 Å². The normalized spacial score (nSPS) is 18.2. The van der Waals surface area contributed by atoms with Crippen molar-refractivity contribution in [2.75, 3.05) is 47.0 Å². The minimum Gasteiger partial charge on any atom is -0.493 e. The average Bonchev–Trinajstić information content (AvgIpc) is 3.56. The maximum absolute atomic E-state index is 6.01. The zero-order valence-electron chi connectivity index (χ0n) is 17.9. The number of halogens is 1. The van der Waals surface area contributed by atoms with Crippen molar-refractivity contribution in [2.45, 2.75) is 44.7 Å². The molecular formula is C22H37IN4O2. The molecule has 0 atom stereocenters. The molecule has 1 aliphatic carbocycles. The molecule has 0 spiro atoms. The van der Waals surface area contributed by atoms with Crippen LogP contribution in [-0.2, 0) is 11.3 Å². The molecule has 1 saturated carbocycles. The lowest BCUT2D eigenvalue weighted by molar-refractivity contribution is 0.155. The second kappa shape index (κ2) is 13.3. The highest BCUT2D eigenvalue weighted by Crippen LogP contribution is 2.30. The van der Waals surface area contributed by atoms with Crippen LogP contribution in [0.3, 0.4) is 0 Å². The van der Waals surface area contributed by atoms with Gasteiger partial charge in [-0.25, -0.2) is 0 Å². The summed E-state index contributed by atoms with van der Waals surface area (Å²) < 4.78 is 11.2. The van der Waals surface area contributed by atoms with Crippen molar-refractivity contribution in [3.63, 3.8) is 0 Å². The van der Waals surface area contributed by atoms with Crippen LogP contribution in [0.25, 0.3) is 0 Å². The Morgan fingerprint density at radius 1 is 1.17 bits per heavy atom. The monoisotopic (exact) mass is 516 g/mol. The minimum absolute atomic E-state index is 0. The number of nitrogens with one attached hydrogen (secondary N) is 2. The third kappa shape index (κ3) is 8.68. The highest BCUT2D eigenvalue weighted by molar-refractivity contribution is 14.0. The Balaban J connectivity index is 0.00000300. The first-order valence-corrected chi connectivity index (χ1v) is 10.7. The first-order chi connectivity index (χ1) is 13.8. The van der Waals surface area contributed by atoms with Crippen LogP contribution in [0.1, 0.15) is 37.7 Å². The molecule has 0 radical (unpaired) electrons. The summed E-state index contributed by atoms with van der Waals surface area (Å²) in [5.74, 6) is 2.62. The number of hydrogen-bond donors (Lipinski definition) is 2. The highest BCUT2D eigenvalue weighted by Gasteiger charge is 2.22. The highest BCUT2D eigenvalue weighted by atomic mass is 127. The van der Waals surface area contributed by atoms with E-state index in [4.69, 9.17) is 9.47 Å². The van der Waals surface area contributed by atoms with Crippen LogP contribution >= 0.6 is 24.0 Å². The number of piperidine rings is 1. The maximum atomic E-state index is 6.01. The van der Waals surface area contributed by atoms with E-state index >= 15 is 0 Å². The summed E-state index contributed by atoms with van der Waals surface area (Å²) >= 11 is 0. The van der Waals surface area contributed by atoms with Crippen LogP contribution in [0.15, 0.2) is 29.3 Å². The van der Waals surface area contributed by atoms with Gasteiger partial charge in [0.05, 0.1) is 6.61 Å². The van der Waals surface area contributed by atoms with Gasteiger partial charge in [-0.15, -0.1) is 24.0 Å². The van der Waals surface area contributed by atoms with Gasteiger partial charge in [-0.2, -0.15) is 0 Å². The molecule has 1 heterocycles. The van der Waals surface area contributed by atoms with E-state index in [0.717, 1.165) is 76.3 Å². The Labute approximate surface area is 192 Å². The van der Waals surface area contributed by atoms with Crippen LogP contribution in [0.4, 0.5) is 0 Å². The van der Waals surface area contributed by atoms with E-state index in [1.165, 1.54) is 18.4 Å². The summed E-state index contributed by atoms with van der Waals surface area (Å²) in [5.41, 5.74) is 1.18. The smallest absolute Gasteiger partial charge is 0.191 e. The van der Waals surface area contributed by atoms with Gasteiger partial charge < -0.3 is 25.0 Å². The molecule has 2 fully saturated rings. The molecule has 1 aliphatic heterocycles. The molecule has 164 valence electrons. The van der Waals surface area contributed by atoms with E-state index in [2.05, 4.69) is 38.7 Å². The quantitative estimate of drug-likeness (QED) is 0.217. The first-order valence-electron chi connectivity index (χ1n) is 10.7. The second-order valence-electron chi connectivity index (χ2n) is 7.89. The summed E-state index contributed by atoms with van der Waals surface area (Å²) in [5, 5.41) is 7.05. The van der Waals surface area contributed by atoms with Gasteiger partial charge >= 0.3 is 0 Å². The minimum atomic E-state index is 0. The molecule has 6 nitrogen and oxygen atoms in total. The van der Waals surface area contributed by atoms with Crippen molar-refractivity contribution < 1.29 is 9.47 Å². The molecular weight excluding hydrogens is 479 g/mol. The number of para-hydroxylation sites is 1. The van der Waals surface area contributed by atoms with Crippen LogP contribution in [0, 0.1) is 5.92 Å². The number of nitrogens with zero attached hydrogens (tertiary/aromatic N) is 2. The van der Waals surface area contributed by atoms with Crippen molar-refractivity contribution >= 4 is 29.9 Å². The third-order valence-corrected chi connectivity index (χ3v) is 5.57. The molecule has 0 amide bonds. The lowest BCUT2D eigenvalue weighted by atomic mass is 10.1. The lowest BCUT2D eigenvalue weighted by Crippen LogP contribution is -2.48. The van der Waals surface area contributed by atoms with Crippen molar-refractivity contribution in [3.8, 4) is 5.75 Å². The first kappa shape index (κ1) is 24.2. The molecule has 3 rings (SSSR count).